The molecule has 2 heterocycles. The molecule has 0 radical (unpaired) electrons. The van der Waals surface area contributed by atoms with Crippen molar-refractivity contribution in [2.45, 2.75) is 38.6 Å². The highest BCUT2D eigenvalue weighted by Crippen LogP contribution is 2.44. The van der Waals surface area contributed by atoms with E-state index in [1.165, 1.54) is 19.3 Å². The van der Waals surface area contributed by atoms with Gasteiger partial charge in [-0.1, -0.05) is 24.1 Å². The Hall–Kier alpha value is -2.89. The number of rotatable bonds is 4. The molecule has 5 rings (SSSR count). The van der Waals surface area contributed by atoms with E-state index in [0.717, 1.165) is 29.2 Å². The Morgan fingerprint density at radius 1 is 1.19 bits per heavy atom. The minimum atomic E-state index is -0.192. The summed E-state index contributed by atoms with van der Waals surface area (Å²) >= 11 is 0. The summed E-state index contributed by atoms with van der Waals surface area (Å²) in [6.07, 6.45) is 8.08. The van der Waals surface area contributed by atoms with Gasteiger partial charge in [0, 0.05) is 6.04 Å². The van der Waals surface area contributed by atoms with Gasteiger partial charge in [0.25, 0.3) is 5.91 Å². The molecule has 1 aromatic carbocycles. The average Bonchev–Trinajstić information content (AvgIpc) is 3.44. The minimum absolute atomic E-state index is 0.192. The predicted molar refractivity (Wildman–Crippen MR) is 101 cm³/mol. The monoisotopic (exact) mass is 362 g/mol. The van der Waals surface area contributed by atoms with Gasteiger partial charge in [0.1, 0.15) is 6.26 Å². The van der Waals surface area contributed by atoms with E-state index in [2.05, 4.69) is 15.4 Å². The summed E-state index contributed by atoms with van der Waals surface area (Å²) in [4.78, 5) is 17.4. The third-order valence-corrected chi connectivity index (χ3v) is 5.92. The first kappa shape index (κ1) is 16.3. The zero-order chi connectivity index (χ0) is 18.4. The summed E-state index contributed by atoms with van der Waals surface area (Å²) in [5.41, 5.74) is 2.82. The minimum Gasteiger partial charge on any atom is -0.472 e. The molecule has 1 N–H and O–H groups in total. The van der Waals surface area contributed by atoms with Crippen LogP contribution in [0.25, 0.3) is 17.1 Å². The van der Waals surface area contributed by atoms with Crippen molar-refractivity contribution in [3.05, 3.63) is 54.2 Å². The third-order valence-electron chi connectivity index (χ3n) is 5.92. The molecule has 2 aliphatic rings. The summed E-state index contributed by atoms with van der Waals surface area (Å²) in [5.74, 6) is 2.01. The van der Waals surface area contributed by atoms with E-state index in [9.17, 15) is 4.79 Å². The summed E-state index contributed by atoms with van der Waals surface area (Å²) in [5, 5.41) is 7.69. The summed E-state index contributed by atoms with van der Waals surface area (Å²) in [7, 11) is 0. The number of aromatic nitrogens is 3. The molecule has 1 amide bonds. The van der Waals surface area contributed by atoms with Gasteiger partial charge >= 0.3 is 0 Å². The van der Waals surface area contributed by atoms with Gasteiger partial charge in [-0.25, -0.2) is 9.67 Å². The molecule has 2 saturated carbocycles. The number of furan rings is 1. The number of carbonyl (C=O) groups is 1. The quantitative estimate of drug-likeness (QED) is 0.767. The Morgan fingerprint density at radius 2 is 2.04 bits per heavy atom. The number of carbonyl (C=O) groups excluding carboxylic acids is 1. The number of aryl methyl sites for hydroxylation is 1. The molecule has 0 unspecified atom stereocenters. The molecule has 27 heavy (non-hydrogen) atoms. The van der Waals surface area contributed by atoms with E-state index in [4.69, 9.17) is 4.42 Å². The van der Waals surface area contributed by atoms with Crippen LogP contribution in [0.15, 0.2) is 47.3 Å². The number of hydrogen-bond donors (Lipinski definition) is 1. The molecule has 3 aromatic rings. The first-order valence-electron chi connectivity index (χ1n) is 9.55. The van der Waals surface area contributed by atoms with Crippen molar-refractivity contribution in [2.75, 3.05) is 0 Å². The van der Waals surface area contributed by atoms with Crippen LogP contribution in [0.4, 0.5) is 0 Å². The first-order valence-corrected chi connectivity index (χ1v) is 9.55. The van der Waals surface area contributed by atoms with Crippen molar-refractivity contribution >= 4 is 5.91 Å². The highest BCUT2D eigenvalue weighted by atomic mass is 16.3. The second kappa shape index (κ2) is 6.37. The topological polar surface area (TPSA) is 73.0 Å². The summed E-state index contributed by atoms with van der Waals surface area (Å²) in [6.45, 7) is 2.04. The van der Waals surface area contributed by atoms with Crippen LogP contribution in [0.5, 0.6) is 0 Å². The number of fused-ring (bicyclic) bond motifs is 2. The molecule has 3 atom stereocenters. The van der Waals surface area contributed by atoms with E-state index in [0.29, 0.717) is 11.7 Å². The van der Waals surface area contributed by atoms with Gasteiger partial charge < -0.3 is 9.73 Å². The Labute approximate surface area is 157 Å². The molecule has 6 heteroatoms. The number of benzene rings is 1. The fraction of sp³-hybridized carbons (Fsp3) is 0.381. The fourth-order valence-electron chi connectivity index (χ4n) is 4.51. The van der Waals surface area contributed by atoms with Gasteiger partial charge in [0.15, 0.2) is 5.82 Å². The van der Waals surface area contributed by atoms with Crippen LogP contribution in [0, 0.1) is 18.8 Å². The lowest BCUT2D eigenvalue weighted by Gasteiger charge is -2.22. The molecule has 2 fully saturated rings. The zero-order valence-electron chi connectivity index (χ0n) is 15.3. The summed E-state index contributed by atoms with van der Waals surface area (Å²) < 4.78 is 6.92. The predicted octanol–water partition coefficient (Wildman–Crippen LogP) is 3.75. The Bertz CT molecular complexity index is 959. The van der Waals surface area contributed by atoms with Gasteiger partial charge in [0.05, 0.1) is 17.5 Å². The standard InChI is InChI=1S/C21H22N4O2/c1-13-2-6-17(7-3-13)25-20(16-8-9-27-12-16)23-19(24-25)21(26)22-18-11-14-4-5-15(18)10-14/h2-3,6-9,12,14-15,18H,4-5,10-11H2,1H3,(H,22,26)/t14-,15-,18-/m0/s1. The largest absolute Gasteiger partial charge is 0.472 e. The number of nitrogens with one attached hydrogen (secondary N) is 1. The van der Waals surface area contributed by atoms with Crippen LogP contribution in [0.3, 0.4) is 0 Å². The van der Waals surface area contributed by atoms with Crippen molar-refractivity contribution in [3.8, 4) is 17.1 Å². The lowest BCUT2D eigenvalue weighted by molar-refractivity contribution is 0.0912. The molecule has 0 saturated heterocycles. The van der Waals surface area contributed by atoms with Crippen molar-refractivity contribution in [1.82, 2.24) is 20.1 Å². The second-order valence-corrected chi connectivity index (χ2v) is 7.77. The molecule has 0 spiro atoms. The second-order valence-electron chi connectivity index (χ2n) is 7.77. The van der Waals surface area contributed by atoms with E-state index in [-0.39, 0.29) is 17.8 Å². The highest BCUT2D eigenvalue weighted by molar-refractivity contribution is 5.91. The molecular weight excluding hydrogens is 340 g/mol. The molecule has 6 nitrogen and oxygen atoms in total. The van der Waals surface area contributed by atoms with Crippen LogP contribution in [0.2, 0.25) is 0 Å². The van der Waals surface area contributed by atoms with E-state index in [1.807, 2.05) is 37.3 Å². The fourth-order valence-corrected chi connectivity index (χ4v) is 4.51. The van der Waals surface area contributed by atoms with Gasteiger partial charge in [-0.15, -0.1) is 5.10 Å². The SMILES string of the molecule is Cc1ccc(-n2nc(C(=O)N[C@H]3C[C@H]4CC[C@H]3C4)nc2-c2ccoc2)cc1. The number of amides is 1. The molecular formula is C21H22N4O2. The smallest absolute Gasteiger partial charge is 0.291 e. The van der Waals surface area contributed by atoms with Crippen molar-refractivity contribution in [1.29, 1.82) is 0 Å². The zero-order valence-corrected chi connectivity index (χ0v) is 15.3. The maximum Gasteiger partial charge on any atom is 0.291 e. The van der Waals surface area contributed by atoms with Crippen LogP contribution < -0.4 is 5.32 Å². The van der Waals surface area contributed by atoms with Gasteiger partial charge in [-0.2, -0.15) is 0 Å². The van der Waals surface area contributed by atoms with E-state index >= 15 is 0 Å². The van der Waals surface area contributed by atoms with Crippen LogP contribution in [0.1, 0.15) is 41.9 Å². The van der Waals surface area contributed by atoms with E-state index in [1.54, 1.807) is 17.2 Å². The van der Waals surface area contributed by atoms with Crippen LogP contribution in [-0.4, -0.2) is 26.7 Å². The molecule has 138 valence electrons. The lowest BCUT2D eigenvalue weighted by Crippen LogP contribution is -2.39. The van der Waals surface area contributed by atoms with Crippen LogP contribution >= 0.6 is 0 Å². The van der Waals surface area contributed by atoms with Gasteiger partial charge in [-0.05, 0) is 56.2 Å². The lowest BCUT2D eigenvalue weighted by atomic mass is 9.95. The number of nitrogens with zero attached hydrogens (tertiary/aromatic N) is 3. The summed E-state index contributed by atoms with van der Waals surface area (Å²) in [6, 6.07) is 10.1. The van der Waals surface area contributed by atoms with Gasteiger partial charge in [0.2, 0.25) is 5.82 Å². The Morgan fingerprint density at radius 3 is 2.70 bits per heavy atom. The third kappa shape index (κ3) is 2.95. The number of hydrogen-bond acceptors (Lipinski definition) is 4. The maximum absolute atomic E-state index is 12.8. The normalized spacial score (nSPS) is 23.7. The van der Waals surface area contributed by atoms with E-state index < -0.39 is 0 Å². The van der Waals surface area contributed by atoms with Crippen LogP contribution in [-0.2, 0) is 0 Å². The molecule has 2 aromatic heterocycles. The van der Waals surface area contributed by atoms with Crippen molar-refractivity contribution in [3.63, 3.8) is 0 Å². The first-order chi connectivity index (χ1) is 13.2. The highest BCUT2D eigenvalue weighted by Gasteiger charge is 2.40. The molecule has 2 aliphatic carbocycles. The Kier molecular flexibility index (Phi) is 3.85. The van der Waals surface area contributed by atoms with Gasteiger partial charge in [-0.3, -0.25) is 4.79 Å². The average molecular weight is 362 g/mol. The van der Waals surface area contributed by atoms with Crippen molar-refractivity contribution in [2.24, 2.45) is 11.8 Å². The Balaban J connectivity index is 1.47. The molecule has 0 aliphatic heterocycles. The maximum atomic E-state index is 12.8. The molecule has 2 bridgehead atoms. The van der Waals surface area contributed by atoms with Crippen molar-refractivity contribution < 1.29 is 9.21 Å².